The number of carbonyl (C=O) groups is 1. The van der Waals surface area contributed by atoms with E-state index in [9.17, 15) is 4.79 Å². The molecule has 26 heavy (non-hydrogen) atoms. The number of hydrogen-bond donors (Lipinski definition) is 1. The Bertz CT molecular complexity index is 728. The third-order valence-corrected chi connectivity index (χ3v) is 4.58. The van der Waals surface area contributed by atoms with Crippen LogP contribution in [-0.4, -0.2) is 54.2 Å². The molecule has 1 aliphatic rings. The minimum absolute atomic E-state index is 0. The number of piperazine rings is 1. The smallest absolute Gasteiger partial charge is 0.227 e. The SMILES string of the molecule is COc1cccc(OC)c1CC(=O)N1CCNCC1c1nccn1C.Cl. The molecule has 1 fully saturated rings. The number of ether oxygens (including phenoxy) is 2. The molecule has 3 rings (SSSR count). The highest BCUT2D eigenvalue weighted by molar-refractivity contribution is 5.85. The molecule has 7 nitrogen and oxygen atoms in total. The number of halogens is 1. The van der Waals surface area contributed by atoms with Crippen molar-refractivity contribution in [2.24, 2.45) is 7.05 Å². The van der Waals surface area contributed by atoms with E-state index in [2.05, 4.69) is 10.3 Å². The van der Waals surface area contributed by atoms with Crippen molar-refractivity contribution in [2.45, 2.75) is 12.5 Å². The Kier molecular flexibility index (Phi) is 6.88. The minimum atomic E-state index is -0.0815. The first-order valence-electron chi connectivity index (χ1n) is 8.33. The van der Waals surface area contributed by atoms with E-state index >= 15 is 0 Å². The van der Waals surface area contributed by atoms with Gasteiger partial charge >= 0.3 is 0 Å². The third-order valence-electron chi connectivity index (χ3n) is 4.58. The van der Waals surface area contributed by atoms with Gasteiger partial charge in [0.1, 0.15) is 23.4 Å². The molecule has 2 aromatic rings. The Balaban J connectivity index is 0.00000243. The number of amides is 1. The number of hydrogen-bond acceptors (Lipinski definition) is 5. The number of aryl methyl sites for hydroxylation is 1. The summed E-state index contributed by atoms with van der Waals surface area (Å²) in [5.41, 5.74) is 0.773. The Morgan fingerprint density at radius 3 is 2.58 bits per heavy atom. The maximum atomic E-state index is 13.1. The summed E-state index contributed by atoms with van der Waals surface area (Å²) in [6, 6.07) is 5.47. The van der Waals surface area contributed by atoms with Gasteiger partial charge in [-0.15, -0.1) is 12.4 Å². The van der Waals surface area contributed by atoms with Gasteiger partial charge in [-0.1, -0.05) is 6.07 Å². The van der Waals surface area contributed by atoms with Crippen molar-refractivity contribution >= 4 is 18.3 Å². The third kappa shape index (κ3) is 3.94. The monoisotopic (exact) mass is 380 g/mol. The summed E-state index contributed by atoms with van der Waals surface area (Å²) in [4.78, 5) is 19.4. The lowest BCUT2D eigenvalue weighted by molar-refractivity contribution is -0.134. The molecule has 1 unspecified atom stereocenters. The van der Waals surface area contributed by atoms with E-state index in [0.29, 0.717) is 24.6 Å². The Morgan fingerprint density at radius 1 is 1.31 bits per heavy atom. The van der Waals surface area contributed by atoms with Crippen molar-refractivity contribution in [3.8, 4) is 11.5 Å². The van der Waals surface area contributed by atoms with Gasteiger partial charge in [-0.05, 0) is 12.1 Å². The molecule has 0 bridgehead atoms. The number of rotatable bonds is 5. The molecule has 1 saturated heterocycles. The molecule has 142 valence electrons. The van der Waals surface area contributed by atoms with Crippen molar-refractivity contribution in [1.82, 2.24) is 19.8 Å². The van der Waals surface area contributed by atoms with Gasteiger partial charge in [0.25, 0.3) is 0 Å². The summed E-state index contributed by atoms with van der Waals surface area (Å²) in [7, 11) is 5.15. The molecule has 1 aromatic carbocycles. The molecule has 0 aliphatic carbocycles. The number of nitrogens with zero attached hydrogens (tertiary/aromatic N) is 3. The van der Waals surface area contributed by atoms with Gasteiger partial charge in [0, 0.05) is 44.6 Å². The lowest BCUT2D eigenvalue weighted by Crippen LogP contribution is -2.49. The van der Waals surface area contributed by atoms with Crippen molar-refractivity contribution in [1.29, 1.82) is 0 Å². The van der Waals surface area contributed by atoms with Gasteiger partial charge in [0.15, 0.2) is 0 Å². The Morgan fingerprint density at radius 2 is 2.00 bits per heavy atom. The molecule has 1 aromatic heterocycles. The van der Waals surface area contributed by atoms with Crippen LogP contribution in [0.4, 0.5) is 0 Å². The van der Waals surface area contributed by atoms with Crippen LogP contribution in [0.3, 0.4) is 0 Å². The summed E-state index contributed by atoms with van der Waals surface area (Å²) in [5.74, 6) is 2.25. The van der Waals surface area contributed by atoms with E-state index in [1.54, 1.807) is 20.4 Å². The van der Waals surface area contributed by atoms with Gasteiger partial charge in [0.2, 0.25) is 5.91 Å². The molecule has 0 saturated carbocycles. The van der Waals surface area contributed by atoms with Crippen LogP contribution in [-0.2, 0) is 18.3 Å². The number of imidazole rings is 1. The van der Waals surface area contributed by atoms with E-state index in [1.807, 2.05) is 40.9 Å². The summed E-state index contributed by atoms with van der Waals surface area (Å²) in [6.45, 7) is 2.11. The fraction of sp³-hybridized carbons (Fsp3) is 0.444. The van der Waals surface area contributed by atoms with Gasteiger partial charge in [-0.2, -0.15) is 0 Å². The molecule has 1 amide bonds. The first-order chi connectivity index (χ1) is 12.2. The van der Waals surface area contributed by atoms with Crippen LogP contribution in [0.5, 0.6) is 11.5 Å². The van der Waals surface area contributed by atoms with Crippen molar-refractivity contribution in [3.63, 3.8) is 0 Å². The first kappa shape index (κ1) is 20.1. The number of carbonyl (C=O) groups excluding carboxylic acids is 1. The van der Waals surface area contributed by atoms with Crippen molar-refractivity contribution < 1.29 is 14.3 Å². The molecule has 2 heterocycles. The predicted octanol–water partition coefficient (Wildman–Crippen LogP) is 1.57. The summed E-state index contributed by atoms with van der Waals surface area (Å²) in [6.07, 6.45) is 3.89. The van der Waals surface area contributed by atoms with E-state index in [0.717, 1.165) is 17.9 Å². The average Bonchev–Trinajstić information content (AvgIpc) is 3.07. The number of benzene rings is 1. The van der Waals surface area contributed by atoms with E-state index in [4.69, 9.17) is 9.47 Å². The minimum Gasteiger partial charge on any atom is -0.496 e. The lowest BCUT2D eigenvalue weighted by Gasteiger charge is -2.36. The van der Waals surface area contributed by atoms with E-state index in [-0.39, 0.29) is 30.8 Å². The molecule has 0 spiro atoms. The number of aromatic nitrogens is 2. The number of nitrogens with one attached hydrogen (secondary N) is 1. The molecule has 8 heteroatoms. The molecular formula is C18H25ClN4O3. The Labute approximate surface area is 159 Å². The zero-order valence-electron chi connectivity index (χ0n) is 15.3. The Hall–Kier alpha value is -2.25. The lowest BCUT2D eigenvalue weighted by atomic mass is 10.1. The van der Waals surface area contributed by atoms with Gasteiger partial charge in [-0.25, -0.2) is 4.98 Å². The predicted molar refractivity (Wildman–Crippen MR) is 101 cm³/mol. The summed E-state index contributed by atoms with van der Waals surface area (Å²) in [5, 5.41) is 3.35. The van der Waals surface area contributed by atoms with Crippen LogP contribution in [0.1, 0.15) is 17.4 Å². The highest BCUT2D eigenvalue weighted by Crippen LogP contribution is 2.30. The number of methoxy groups -OCH3 is 2. The maximum absolute atomic E-state index is 13.1. The largest absolute Gasteiger partial charge is 0.496 e. The van der Waals surface area contributed by atoms with Crippen molar-refractivity contribution in [2.75, 3.05) is 33.9 Å². The molecule has 1 aliphatic heterocycles. The normalized spacial score (nSPS) is 16.7. The standard InChI is InChI=1S/C18H24N4O3.ClH/c1-21-9-8-20-18(21)14-12-19-7-10-22(14)17(23)11-13-15(24-2)5-4-6-16(13)25-3;/h4-6,8-9,14,19H,7,10-12H2,1-3H3;1H. The summed E-state index contributed by atoms with van der Waals surface area (Å²) >= 11 is 0. The molecule has 1 N–H and O–H groups in total. The van der Waals surface area contributed by atoms with Crippen LogP contribution in [0.2, 0.25) is 0 Å². The fourth-order valence-corrected chi connectivity index (χ4v) is 3.29. The van der Waals surface area contributed by atoms with E-state index in [1.165, 1.54) is 0 Å². The molecule has 1 atom stereocenters. The highest BCUT2D eigenvalue weighted by Gasteiger charge is 2.31. The molecular weight excluding hydrogens is 356 g/mol. The van der Waals surface area contributed by atoms with Crippen molar-refractivity contribution in [3.05, 3.63) is 42.0 Å². The first-order valence-corrected chi connectivity index (χ1v) is 8.33. The van der Waals surface area contributed by atoms with Crippen LogP contribution >= 0.6 is 12.4 Å². The summed E-state index contributed by atoms with van der Waals surface area (Å²) < 4.78 is 12.8. The maximum Gasteiger partial charge on any atom is 0.227 e. The average molecular weight is 381 g/mol. The van der Waals surface area contributed by atoms with Gasteiger partial charge in [-0.3, -0.25) is 4.79 Å². The van der Waals surface area contributed by atoms with E-state index < -0.39 is 0 Å². The van der Waals surface area contributed by atoms with Crippen LogP contribution in [0, 0.1) is 0 Å². The van der Waals surface area contributed by atoms with Crippen LogP contribution in [0.15, 0.2) is 30.6 Å². The highest BCUT2D eigenvalue weighted by atomic mass is 35.5. The van der Waals surface area contributed by atoms with Crippen LogP contribution < -0.4 is 14.8 Å². The van der Waals surface area contributed by atoms with Crippen LogP contribution in [0.25, 0.3) is 0 Å². The second-order valence-electron chi connectivity index (χ2n) is 6.02. The topological polar surface area (TPSA) is 68.6 Å². The van der Waals surface area contributed by atoms with Gasteiger partial charge < -0.3 is 24.3 Å². The second-order valence-corrected chi connectivity index (χ2v) is 6.02. The zero-order chi connectivity index (χ0) is 17.8. The van der Waals surface area contributed by atoms with Gasteiger partial charge in [0.05, 0.1) is 20.6 Å². The second kappa shape index (κ2) is 8.91. The molecule has 0 radical (unpaired) electrons. The zero-order valence-corrected chi connectivity index (χ0v) is 16.1. The quantitative estimate of drug-likeness (QED) is 0.852. The fourth-order valence-electron chi connectivity index (χ4n) is 3.29.